The van der Waals surface area contributed by atoms with Gasteiger partial charge in [-0.15, -0.1) is 0 Å². The Kier molecular flexibility index (Phi) is 4.21. The molecule has 0 heterocycles. The van der Waals surface area contributed by atoms with E-state index in [1.807, 2.05) is 12.1 Å². The van der Waals surface area contributed by atoms with Crippen molar-refractivity contribution in [2.24, 2.45) is 17.8 Å². The molecule has 1 nitrogen and oxygen atoms in total. The molecule has 18 heavy (non-hydrogen) atoms. The summed E-state index contributed by atoms with van der Waals surface area (Å²) in [5.74, 6) is 1.83. The van der Waals surface area contributed by atoms with E-state index in [4.69, 9.17) is 0 Å². The van der Waals surface area contributed by atoms with E-state index in [2.05, 4.69) is 32.9 Å². The van der Waals surface area contributed by atoms with Gasteiger partial charge >= 0.3 is 0 Å². The Labute approximate surface area is 111 Å². The number of carbonyl (C=O) groups excluding carboxylic acids is 1. The van der Waals surface area contributed by atoms with Gasteiger partial charge in [0.05, 0.1) is 0 Å². The molecule has 1 fully saturated rings. The molecule has 0 aromatic heterocycles. The van der Waals surface area contributed by atoms with Crippen LogP contribution in [0.25, 0.3) is 0 Å². The SMILES string of the molecule is CC(C)Cc1cccc(C(=O)C2CCCC2C)c1. The van der Waals surface area contributed by atoms with Gasteiger partial charge in [-0.3, -0.25) is 4.79 Å². The van der Waals surface area contributed by atoms with Crippen molar-refractivity contribution in [2.45, 2.75) is 46.5 Å². The minimum absolute atomic E-state index is 0.263. The Morgan fingerprint density at radius 3 is 2.72 bits per heavy atom. The summed E-state index contributed by atoms with van der Waals surface area (Å²) < 4.78 is 0. The summed E-state index contributed by atoms with van der Waals surface area (Å²) in [7, 11) is 0. The van der Waals surface area contributed by atoms with Crippen LogP contribution in [-0.2, 0) is 6.42 Å². The van der Waals surface area contributed by atoms with Crippen LogP contribution >= 0.6 is 0 Å². The molecule has 2 unspecified atom stereocenters. The summed E-state index contributed by atoms with van der Waals surface area (Å²) in [4.78, 5) is 12.5. The van der Waals surface area contributed by atoms with E-state index in [1.54, 1.807) is 0 Å². The molecule has 0 bridgehead atoms. The van der Waals surface area contributed by atoms with Crippen molar-refractivity contribution >= 4 is 5.78 Å². The van der Waals surface area contributed by atoms with Crippen LogP contribution in [0.1, 0.15) is 56.0 Å². The summed E-state index contributed by atoms with van der Waals surface area (Å²) >= 11 is 0. The lowest BCUT2D eigenvalue weighted by molar-refractivity contribution is 0.0897. The van der Waals surface area contributed by atoms with E-state index in [-0.39, 0.29) is 5.92 Å². The van der Waals surface area contributed by atoms with Crippen LogP contribution in [0, 0.1) is 17.8 Å². The molecule has 0 spiro atoms. The van der Waals surface area contributed by atoms with Crippen LogP contribution < -0.4 is 0 Å². The average Bonchev–Trinajstić information content (AvgIpc) is 2.74. The highest BCUT2D eigenvalue weighted by Crippen LogP contribution is 2.33. The zero-order valence-corrected chi connectivity index (χ0v) is 11.8. The van der Waals surface area contributed by atoms with E-state index < -0.39 is 0 Å². The van der Waals surface area contributed by atoms with Gasteiger partial charge in [0.1, 0.15) is 0 Å². The smallest absolute Gasteiger partial charge is 0.166 e. The summed E-state index contributed by atoms with van der Waals surface area (Å²) in [6, 6.07) is 8.25. The number of carbonyl (C=O) groups is 1. The highest BCUT2D eigenvalue weighted by atomic mass is 16.1. The molecule has 0 saturated heterocycles. The fourth-order valence-corrected chi connectivity index (χ4v) is 3.07. The molecule has 0 N–H and O–H groups in total. The van der Waals surface area contributed by atoms with Crippen molar-refractivity contribution in [2.75, 3.05) is 0 Å². The number of Topliss-reactive ketones (excluding diaryl/α,β-unsaturated/α-hetero) is 1. The van der Waals surface area contributed by atoms with Crippen LogP contribution in [0.3, 0.4) is 0 Å². The fourth-order valence-electron chi connectivity index (χ4n) is 3.07. The van der Waals surface area contributed by atoms with Crippen LogP contribution in [0.2, 0.25) is 0 Å². The largest absolute Gasteiger partial charge is 0.294 e. The third kappa shape index (κ3) is 3.01. The Morgan fingerprint density at radius 1 is 1.33 bits per heavy atom. The van der Waals surface area contributed by atoms with Crippen LogP contribution in [0.4, 0.5) is 0 Å². The molecule has 0 radical (unpaired) electrons. The topological polar surface area (TPSA) is 17.1 Å². The van der Waals surface area contributed by atoms with Crippen molar-refractivity contribution in [3.8, 4) is 0 Å². The number of ketones is 1. The highest BCUT2D eigenvalue weighted by molar-refractivity contribution is 5.98. The molecule has 1 heteroatoms. The molecule has 98 valence electrons. The Bertz CT molecular complexity index is 419. The van der Waals surface area contributed by atoms with Crippen molar-refractivity contribution < 1.29 is 4.79 Å². The second-order valence-electron chi connectivity index (χ2n) is 6.18. The van der Waals surface area contributed by atoms with Crippen LogP contribution in [0.5, 0.6) is 0 Å². The molecule has 1 aromatic carbocycles. The maximum absolute atomic E-state index is 12.5. The zero-order valence-electron chi connectivity index (χ0n) is 11.8. The van der Waals surface area contributed by atoms with E-state index in [9.17, 15) is 4.79 Å². The molecule has 0 amide bonds. The third-order valence-electron chi connectivity index (χ3n) is 4.05. The first-order chi connectivity index (χ1) is 8.58. The van der Waals surface area contributed by atoms with Crippen LogP contribution in [0.15, 0.2) is 24.3 Å². The van der Waals surface area contributed by atoms with Gasteiger partial charge in [-0.1, -0.05) is 45.4 Å². The van der Waals surface area contributed by atoms with E-state index in [1.165, 1.54) is 18.4 Å². The standard InChI is InChI=1S/C17H24O/c1-12(2)10-14-7-5-8-15(11-14)17(18)16-9-4-6-13(16)3/h5,7-8,11-13,16H,4,6,9-10H2,1-3H3. The molecule has 0 aliphatic heterocycles. The molecular weight excluding hydrogens is 220 g/mol. The summed E-state index contributed by atoms with van der Waals surface area (Å²) in [5.41, 5.74) is 2.22. The van der Waals surface area contributed by atoms with Crippen molar-refractivity contribution in [3.63, 3.8) is 0 Å². The molecule has 1 aliphatic carbocycles. The Hall–Kier alpha value is -1.11. The maximum Gasteiger partial charge on any atom is 0.166 e. The van der Waals surface area contributed by atoms with Crippen molar-refractivity contribution in [1.82, 2.24) is 0 Å². The molecule has 2 atom stereocenters. The third-order valence-corrected chi connectivity index (χ3v) is 4.05. The van der Waals surface area contributed by atoms with Gasteiger partial charge in [0.15, 0.2) is 5.78 Å². The first-order valence-corrected chi connectivity index (χ1v) is 7.21. The fraction of sp³-hybridized carbons (Fsp3) is 0.588. The lowest BCUT2D eigenvalue weighted by Crippen LogP contribution is -2.17. The number of hydrogen-bond donors (Lipinski definition) is 0. The van der Waals surface area contributed by atoms with Gasteiger partial charge in [0.25, 0.3) is 0 Å². The van der Waals surface area contributed by atoms with Gasteiger partial charge < -0.3 is 0 Å². The van der Waals surface area contributed by atoms with E-state index >= 15 is 0 Å². The first kappa shape index (κ1) is 13.3. The Morgan fingerprint density at radius 2 is 2.11 bits per heavy atom. The summed E-state index contributed by atoms with van der Waals surface area (Å²) in [5, 5.41) is 0. The van der Waals surface area contributed by atoms with Gasteiger partial charge in [-0.25, -0.2) is 0 Å². The van der Waals surface area contributed by atoms with Gasteiger partial charge in [-0.05, 0) is 42.7 Å². The quantitative estimate of drug-likeness (QED) is 0.712. The first-order valence-electron chi connectivity index (χ1n) is 7.21. The van der Waals surface area contributed by atoms with Gasteiger partial charge in [0, 0.05) is 11.5 Å². The lowest BCUT2D eigenvalue weighted by atomic mass is 9.88. The molecular formula is C17H24O. The van der Waals surface area contributed by atoms with E-state index in [0.717, 1.165) is 18.4 Å². The predicted octanol–water partition coefficient (Wildman–Crippen LogP) is 4.50. The second kappa shape index (κ2) is 5.69. The van der Waals surface area contributed by atoms with Crippen LogP contribution in [-0.4, -0.2) is 5.78 Å². The zero-order chi connectivity index (χ0) is 13.1. The van der Waals surface area contributed by atoms with Crippen molar-refractivity contribution in [1.29, 1.82) is 0 Å². The molecule has 2 rings (SSSR count). The lowest BCUT2D eigenvalue weighted by Gasteiger charge is -2.14. The van der Waals surface area contributed by atoms with Crippen molar-refractivity contribution in [3.05, 3.63) is 35.4 Å². The average molecular weight is 244 g/mol. The summed E-state index contributed by atoms with van der Waals surface area (Å²) in [6.45, 7) is 6.65. The monoisotopic (exact) mass is 244 g/mol. The highest BCUT2D eigenvalue weighted by Gasteiger charge is 2.30. The number of benzene rings is 1. The summed E-state index contributed by atoms with van der Waals surface area (Å²) in [6.07, 6.45) is 4.56. The van der Waals surface area contributed by atoms with Gasteiger partial charge in [0.2, 0.25) is 0 Å². The van der Waals surface area contributed by atoms with Gasteiger partial charge in [-0.2, -0.15) is 0 Å². The Balaban J connectivity index is 2.15. The molecule has 1 saturated carbocycles. The maximum atomic E-state index is 12.5. The molecule has 1 aliphatic rings. The predicted molar refractivity (Wildman–Crippen MR) is 75.8 cm³/mol. The number of hydrogen-bond acceptors (Lipinski definition) is 1. The molecule has 1 aromatic rings. The normalized spacial score (nSPS) is 23.6. The number of rotatable bonds is 4. The minimum Gasteiger partial charge on any atom is -0.294 e. The second-order valence-corrected chi connectivity index (χ2v) is 6.18. The minimum atomic E-state index is 0.263. The van der Waals surface area contributed by atoms with E-state index in [0.29, 0.717) is 17.6 Å².